The van der Waals surface area contributed by atoms with Crippen molar-refractivity contribution in [2.45, 2.75) is 32.0 Å². The number of ether oxygens (including phenoxy) is 1. The van der Waals surface area contributed by atoms with Gasteiger partial charge < -0.3 is 24.4 Å². The fraction of sp³-hybridized carbons (Fsp3) is 0.200. The minimum Gasteiger partial charge on any atom is -0.497 e. The summed E-state index contributed by atoms with van der Waals surface area (Å²) in [5.74, 6) is -5.99. The minimum absolute atomic E-state index is 0.0683. The third-order valence-corrected chi connectivity index (χ3v) is 7.07. The maximum absolute atomic E-state index is 12.9. The number of nitrogens with one attached hydrogen (secondary N) is 1. The standard InChI is InChI=1S/C30H21F3N2O10/c1-43-16-3-5-18-20(19-6-7-22(36)21(26(19)44-23(18)12-16)13-34-29(42)30(31,32)33)11-15-10-14(2-4-17(15)27(39)40)28(41)45-35-24(37)8-9-25(35)38/h2-7,10,12H,8-9,11,13H2,1H3,(H,34,42)(H,39,40). The molecule has 3 amide bonds. The number of carboxylic acid groups (broad SMARTS) is 1. The Balaban J connectivity index is 1.63. The van der Waals surface area contributed by atoms with Crippen molar-refractivity contribution >= 4 is 40.6 Å². The average molecular weight is 626 g/mol. The van der Waals surface area contributed by atoms with E-state index in [9.17, 15) is 47.0 Å². The Hall–Kier alpha value is -5.73. The van der Waals surface area contributed by atoms with Crippen molar-refractivity contribution in [1.82, 2.24) is 10.4 Å². The van der Waals surface area contributed by atoms with E-state index in [1.165, 1.54) is 25.3 Å². The summed E-state index contributed by atoms with van der Waals surface area (Å²) in [7, 11) is 1.38. The van der Waals surface area contributed by atoms with Crippen LogP contribution in [0.5, 0.6) is 5.75 Å². The number of carbonyl (C=O) groups is 5. The van der Waals surface area contributed by atoms with E-state index in [-0.39, 0.29) is 58.4 Å². The number of methoxy groups -OCH3 is 1. The molecular formula is C30H21F3N2O10. The fourth-order valence-corrected chi connectivity index (χ4v) is 4.87. The molecule has 232 valence electrons. The zero-order chi connectivity index (χ0) is 32.6. The molecule has 45 heavy (non-hydrogen) atoms. The van der Waals surface area contributed by atoms with Crippen LogP contribution in [-0.4, -0.2) is 53.1 Å². The van der Waals surface area contributed by atoms with E-state index >= 15 is 0 Å². The second-order valence-electron chi connectivity index (χ2n) is 9.86. The van der Waals surface area contributed by atoms with E-state index in [4.69, 9.17) is 14.0 Å². The van der Waals surface area contributed by atoms with Gasteiger partial charge in [-0.15, -0.1) is 5.06 Å². The zero-order valence-corrected chi connectivity index (χ0v) is 23.1. The third kappa shape index (κ3) is 6.04. The topological polar surface area (TPSA) is 170 Å². The number of imide groups is 1. The normalized spacial score (nSPS) is 13.4. The molecule has 0 bridgehead atoms. The van der Waals surface area contributed by atoms with Crippen LogP contribution >= 0.6 is 0 Å². The van der Waals surface area contributed by atoms with Gasteiger partial charge in [-0.3, -0.25) is 19.2 Å². The summed E-state index contributed by atoms with van der Waals surface area (Å²) in [5, 5.41) is 12.3. The minimum atomic E-state index is -5.20. The van der Waals surface area contributed by atoms with Gasteiger partial charge in [0, 0.05) is 29.9 Å². The van der Waals surface area contributed by atoms with Gasteiger partial charge >= 0.3 is 24.0 Å². The second kappa shape index (κ2) is 11.7. The lowest BCUT2D eigenvalue weighted by Gasteiger charge is -2.19. The molecule has 0 radical (unpaired) electrons. The number of halogens is 3. The molecule has 2 aromatic rings. The lowest BCUT2D eigenvalue weighted by atomic mass is 9.90. The molecule has 1 fully saturated rings. The molecule has 2 aliphatic heterocycles. The van der Waals surface area contributed by atoms with Gasteiger partial charge in [-0.25, -0.2) is 9.59 Å². The summed E-state index contributed by atoms with van der Waals surface area (Å²) >= 11 is 0. The number of amides is 3. The first-order chi connectivity index (χ1) is 21.3. The van der Waals surface area contributed by atoms with Gasteiger partial charge in [-0.2, -0.15) is 13.2 Å². The number of benzene rings is 3. The predicted octanol–water partition coefficient (Wildman–Crippen LogP) is 3.59. The van der Waals surface area contributed by atoms with Crippen LogP contribution in [0.2, 0.25) is 0 Å². The maximum Gasteiger partial charge on any atom is 0.471 e. The molecule has 15 heteroatoms. The van der Waals surface area contributed by atoms with Gasteiger partial charge in [-0.05, 0) is 60.0 Å². The molecule has 0 spiro atoms. The van der Waals surface area contributed by atoms with Crippen LogP contribution < -0.4 is 15.5 Å². The summed E-state index contributed by atoms with van der Waals surface area (Å²) in [6.07, 6.45) is -5.68. The molecule has 0 aromatic heterocycles. The van der Waals surface area contributed by atoms with E-state index in [1.807, 2.05) is 0 Å². The highest BCUT2D eigenvalue weighted by Crippen LogP contribution is 2.38. The van der Waals surface area contributed by atoms with Crippen LogP contribution in [0, 0.1) is 0 Å². The van der Waals surface area contributed by atoms with Crippen LogP contribution in [-0.2, 0) is 32.2 Å². The second-order valence-corrected chi connectivity index (χ2v) is 9.86. The Morgan fingerprint density at radius 1 is 0.978 bits per heavy atom. The summed E-state index contributed by atoms with van der Waals surface area (Å²) in [5.41, 5.74) is -0.695. The van der Waals surface area contributed by atoms with Crippen molar-refractivity contribution in [1.29, 1.82) is 0 Å². The number of nitrogens with zero attached hydrogens (tertiary/aromatic N) is 1. The molecule has 12 nitrogen and oxygen atoms in total. The highest BCUT2D eigenvalue weighted by Gasteiger charge is 2.39. The van der Waals surface area contributed by atoms with E-state index < -0.39 is 47.8 Å². The van der Waals surface area contributed by atoms with Gasteiger partial charge in [0.25, 0.3) is 11.8 Å². The van der Waals surface area contributed by atoms with Gasteiger partial charge in [0.15, 0.2) is 5.43 Å². The molecule has 0 saturated carbocycles. The molecule has 0 atom stereocenters. The van der Waals surface area contributed by atoms with Gasteiger partial charge in [0.2, 0.25) is 0 Å². The molecule has 5 rings (SSSR count). The first kappa shape index (κ1) is 30.7. The molecule has 1 aliphatic carbocycles. The average Bonchev–Trinajstić information content (AvgIpc) is 3.31. The Morgan fingerprint density at radius 3 is 2.33 bits per heavy atom. The maximum atomic E-state index is 12.9. The first-order valence-electron chi connectivity index (χ1n) is 13.1. The lowest BCUT2D eigenvalue weighted by Crippen LogP contribution is -2.37. The number of hydroxylamine groups is 2. The van der Waals surface area contributed by atoms with Crippen LogP contribution in [0.15, 0.2) is 57.7 Å². The number of fused-ring (bicyclic) bond motifs is 2. The number of carbonyl (C=O) groups excluding carboxylic acids is 4. The largest absolute Gasteiger partial charge is 0.497 e. The van der Waals surface area contributed by atoms with Crippen molar-refractivity contribution in [3.63, 3.8) is 0 Å². The van der Waals surface area contributed by atoms with Crippen LogP contribution in [0.1, 0.15) is 50.2 Å². The van der Waals surface area contributed by atoms with E-state index in [0.717, 1.165) is 18.2 Å². The quantitative estimate of drug-likeness (QED) is 0.218. The summed E-state index contributed by atoms with van der Waals surface area (Å²) in [6, 6.07) is 10.5. The lowest BCUT2D eigenvalue weighted by molar-refractivity contribution is -0.173. The third-order valence-electron chi connectivity index (χ3n) is 7.07. The highest BCUT2D eigenvalue weighted by atomic mass is 19.4. The molecule has 3 aliphatic rings. The SMILES string of the molecule is COc1ccc2c(Cc3cc(C(=O)ON4C(=O)CCC4=O)ccc3C(=O)O)c3ccc(=O)c(CNC(=O)C(F)(F)F)c-3oc2c1. The molecule has 0 unspecified atom stereocenters. The van der Waals surface area contributed by atoms with Gasteiger partial charge in [-0.1, -0.05) is 0 Å². The fourth-order valence-electron chi connectivity index (χ4n) is 4.87. The Bertz CT molecular complexity index is 1920. The van der Waals surface area contributed by atoms with Crippen molar-refractivity contribution in [3.05, 3.63) is 86.6 Å². The number of hydrogen-bond donors (Lipinski definition) is 2. The van der Waals surface area contributed by atoms with E-state index in [0.29, 0.717) is 21.8 Å². The highest BCUT2D eigenvalue weighted by molar-refractivity contribution is 6.03. The molecule has 1 saturated heterocycles. The smallest absolute Gasteiger partial charge is 0.471 e. The van der Waals surface area contributed by atoms with E-state index in [2.05, 4.69) is 0 Å². The van der Waals surface area contributed by atoms with Crippen molar-refractivity contribution in [2.24, 2.45) is 0 Å². The van der Waals surface area contributed by atoms with Crippen LogP contribution in [0.3, 0.4) is 0 Å². The first-order valence-corrected chi connectivity index (χ1v) is 13.1. The number of carboxylic acids is 1. The van der Waals surface area contributed by atoms with Gasteiger partial charge in [0.05, 0.1) is 30.3 Å². The summed E-state index contributed by atoms with van der Waals surface area (Å²) in [4.78, 5) is 78.1. The van der Waals surface area contributed by atoms with Crippen molar-refractivity contribution < 1.29 is 56.2 Å². The molecule has 2 N–H and O–H groups in total. The van der Waals surface area contributed by atoms with Gasteiger partial charge in [0.1, 0.15) is 17.1 Å². The Labute approximate surface area is 250 Å². The monoisotopic (exact) mass is 626 g/mol. The van der Waals surface area contributed by atoms with Crippen LogP contribution in [0.25, 0.3) is 22.3 Å². The van der Waals surface area contributed by atoms with Crippen molar-refractivity contribution in [2.75, 3.05) is 7.11 Å². The Morgan fingerprint density at radius 2 is 1.69 bits per heavy atom. The summed E-state index contributed by atoms with van der Waals surface area (Å²) in [6.45, 7) is -0.831. The van der Waals surface area contributed by atoms with Crippen molar-refractivity contribution in [3.8, 4) is 17.1 Å². The molecular weight excluding hydrogens is 605 g/mol. The van der Waals surface area contributed by atoms with Crippen LogP contribution in [0.4, 0.5) is 13.2 Å². The Kier molecular flexibility index (Phi) is 8.02. The number of rotatable bonds is 8. The number of hydrogen-bond acceptors (Lipinski definition) is 9. The van der Waals surface area contributed by atoms with E-state index in [1.54, 1.807) is 17.4 Å². The summed E-state index contributed by atoms with van der Waals surface area (Å²) < 4.78 is 49.8. The number of aromatic carboxylic acids is 1. The molecule has 2 heterocycles. The predicted molar refractivity (Wildman–Crippen MR) is 146 cm³/mol. The number of alkyl halides is 3. The zero-order valence-electron chi connectivity index (χ0n) is 23.1. The molecule has 2 aromatic carbocycles.